The van der Waals surface area contributed by atoms with Gasteiger partial charge >= 0.3 is 5.97 Å². The summed E-state index contributed by atoms with van der Waals surface area (Å²) in [6.07, 6.45) is 0.666. The Balaban J connectivity index is 2.83. The third-order valence-corrected chi connectivity index (χ3v) is 2.90. The average Bonchev–Trinajstić information content (AvgIpc) is 2.18. The summed E-state index contributed by atoms with van der Waals surface area (Å²) >= 11 is 1.06. The summed E-state index contributed by atoms with van der Waals surface area (Å²) in [5, 5.41) is 10.7. The molecule has 4 nitrogen and oxygen atoms in total. The van der Waals surface area contributed by atoms with Crippen LogP contribution >= 0.6 is 11.8 Å². The van der Waals surface area contributed by atoms with Crippen molar-refractivity contribution in [3.8, 4) is 5.40 Å². The molecule has 15 heavy (non-hydrogen) atoms. The highest BCUT2D eigenvalue weighted by Gasteiger charge is 2.22. The number of thioether (sulfide) groups is 1. The summed E-state index contributed by atoms with van der Waals surface area (Å²) in [5.74, 6) is -0.275. The third-order valence-electron chi connectivity index (χ3n) is 2.18. The predicted molar refractivity (Wildman–Crippen MR) is 59.0 cm³/mol. The molecule has 1 aliphatic heterocycles. The monoisotopic (exact) mass is 226 g/mol. The minimum absolute atomic E-state index is 0.275. The first-order valence-corrected chi connectivity index (χ1v) is 5.64. The Morgan fingerprint density at radius 3 is 3.07 bits per heavy atom. The van der Waals surface area contributed by atoms with E-state index in [-0.39, 0.29) is 5.97 Å². The summed E-state index contributed by atoms with van der Waals surface area (Å²) in [4.78, 5) is 14.5. The number of hydrogen-bond donors (Lipinski definition) is 0. The average molecular weight is 226 g/mol. The van der Waals surface area contributed by atoms with Crippen molar-refractivity contribution < 1.29 is 9.53 Å². The number of nitrogens with zero attached hydrogens (tertiary/aromatic N) is 2. The normalized spacial score (nSPS) is 17.4. The van der Waals surface area contributed by atoms with Crippen LogP contribution in [0.15, 0.2) is 10.5 Å². The summed E-state index contributed by atoms with van der Waals surface area (Å²) in [5.41, 5.74) is 0.668. The molecular formula is C10H14N2O2S. The summed E-state index contributed by atoms with van der Waals surface area (Å²) < 4.78 is 4.96. The molecule has 0 aromatic rings. The molecule has 1 rings (SSSR count). The Labute approximate surface area is 93.9 Å². The van der Waals surface area contributed by atoms with Gasteiger partial charge in [0.15, 0.2) is 0 Å². The van der Waals surface area contributed by atoms with Crippen LogP contribution in [-0.2, 0) is 9.53 Å². The largest absolute Gasteiger partial charge is 0.463 e. The topological polar surface area (TPSA) is 53.3 Å². The van der Waals surface area contributed by atoms with Crippen LogP contribution in [0.3, 0.4) is 0 Å². The lowest BCUT2D eigenvalue weighted by atomic mass is 10.1. The molecule has 0 N–H and O–H groups in total. The number of carbonyl (C=O) groups is 1. The maximum Gasteiger partial charge on any atom is 0.334 e. The van der Waals surface area contributed by atoms with Gasteiger partial charge in [0.25, 0.3) is 0 Å². The van der Waals surface area contributed by atoms with Gasteiger partial charge in [0.1, 0.15) is 5.40 Å². The second-order valence-corrected chi connectivity index (χ2v) is 4.18. The maximum atomic E-state index is 11.6. The number of thiocyanates is 1. The number of rotatable bonds is 3. The zero-order chi connectivity index (χ0) is 11.3. The zero-order valence-corrected chi connectivity index (χ0v) is 9.76. The van der Waals surface area contributed by atoms with Gasteiger partial charge in [0.05, 0.1) is 12.2 Å². The number of ether oxygens (including phenoxy) is 1. The van der Waals surface area contributed by atoms with E-state index in [0.29, 0.717) is 25.1 Å². The fourth-order valence-electron chi connectivity index (χ4n) is 1.44. The van der Waals surface area contributed by atoms with Crippen molar-refractivity contribution in [2.45, 2.75) is 13.3 Å². The maximum absolute atomic E-state index is 11.6. The van der Waals surface area contributed by atoms with Crippen molar-refractivity contribution in [1.29, 1.82) is 5.26 Å². The number of likely N-dealkylation sites (N-methyl/N-ethyl adjacent to an activating group) is 1. The van der Waals surface area contributed by atoms with Crippen LogP contribution < -0.4 is 0 Å². The third kappa shape index (κ3) is 3.26. The molecule has 5 heteroatoms. The van der Waals surface area contributed by atoms with Gasteiger partial charge in [-0.05, 0) is 32.2 Å². The Bertz CT molecular complexity index is 320. The Hall–Kier alpha value is -0.990. The van der Waals surface area contributed by atoms with Crippen molar-refractivity contribution in [3.63, 3.8) is 0 Å². The van der Waals surface area contributed by atoms with Crippen molar-refractivity contribution in [1.82, 2.24) is 4.90 Å². The van der Waals surface area contributed by atoms with Crippen molar-refractivity contribution in [2.75, 3.05) is 26.7 Å². The van der Waals surface area contributed by atoms with E-state index in [1.54, 1.807) is 6.92 Å². The molecular weight excluding hydrogens is 212 g/mol. The molecule has 0 saturated carbocycles. The summed E-state index contributed by atoms with van der Waals surface area (Å²) in [6.45, 7) is 3.66. The second-order valence-electron chi connectivity index (χ2n) is 3.30. The highest BCUT2D eigenvalue weighted by molar-refractivity contribution is 8.07. The smallest absolute Gasteiger partial charge is 0.334 e. The number of hydrogen-bond acceptors (Lipinski definition) is 5. The van der Waals surface area contributed by atoms with Gasteiger partial charge < -0.3 is 9.64 Å². The van der Waals surface area contributed by atoms with E-state index in [1.807, 2.05) is 12.4 Å². The summed E-state index contributed by atoms with van der Waals surface area (Å²) in [7, 11) is 1.97. The van der Waals surface area contributed by atoms with E-state index >= 15 is 0 Å². The lowest BCUT2D eigenvalue weighted by Gasteiger charge is -2.24. The van der Waals surface area contributed by atoms with Gasteiger partial charge in [0, 0.05) is 18.0 Å². The molecule has 82 valence electrons. The molecule has 0 spiro atoms. The molecule has 1 aliphatic rings. The molecule has 0 saturated heterocycles. The van der Waals surface area contributed by atoms with Crippen LogP contribution in [0.2, 0.25) is 0 Å². The minimum atomic E-state index is -0.275. The highest BCUT2D eigenvalue weighted by atomic mass is 32.2. The van der Waals surface area contributed by atoms with Crippen LogP contribution in [0.4, 0.5) is 0 Å². The lowest BCUT2D eigenvalue weighted by Crippen LogP contribution is -2.29. The molecule has 0 aromatic carbocycles. The molecule has 0 atom stereocenters. The van der Waals surface area contributed by atoms with Gasteiger partial charge in [-0.3, -0.25) is 0 Å². The van der Waals surface area contributed by atoms with Gasteiger partial charge in [-0.25, -0.2) is 4.79 Å². The van der Waals surface area contributed by atoms with Crippen molar-refractivity contribution in [2.24, 2.45) is 0 Å². The number of carbonyl (C=O) groups excluding carboxylic acids is 1. The van der Waals surface area contributed by atoms with Crippen molar-refractivity contribution in [3.05, 3.63) is 10.5 Å². The van der Waals surface area contributed by atoms with Gasteiger partial charge in [-0.1, -0.05) is 0 Å². The molecule has 0 fully saturated rings. The SMILES string of the molecule is CCOC(=O)C1=C(SC#N)CN(C)CC1. The van der Waals surface area contributed by atoms with E-state index in [1.165, 1.54) is 0 Å². The fourth-order valence-corrected chi connectivity index (χ4v) is 2.15. The first-order chi connectivity index (χ1) is 7.19. The first-order valence-electron chi connectivity index (χ1n) is 4.82. The number of nitriles is 1. The lowest BCUT2D eigenvalue weighted by molar-refractivity contribution is -0.138. The van der Waals surface area contributed by atoms with E-state index < -0.39 is 0 Å². The van der Waals surface area contributed by atoms with E-state index in [2.05, 4.69) is 4.90 Å². The van der Waals surface area contributed by atoms with Crippen LogP contribution in [-0.4, -0.2) is 37.6 Å². The zero-order valence-electron chi connectivity index (χ0n) is 8.95. The molecule has 0 bridgehead atoms. The standard InChI is InChI=1S/C10H14N2O2S/c1-3-14-10(13)8-4-5-12(2)6-9(8)15-7-11/h3-6H2,1-2H3. The molecule has 0 unspecified atom stereocenters. The number of esters is 1. The molecule has 0 aliphatic carbocycles. The molecule has 0 amide bonds. The molecule has 0 radical (unpaired) electrons. The van der Waals surface area contributed by atoms with Crippen molar-refractivity contribution >= 4 is 17.7 Å². The van der Waals surface area contributed by atoms with Crippen LogP contribution in [0, 0.1) is 10.7 Å². The Morgan fingerprint density at radius 2 is 2.47 bits per heavy atom. The van der Waals surface area contributed by atoms with Crippen LogP contribution in [0.5, 0.6) is 0 Å². The van der Waals surface area contributed by atoms with Gasteiger partial charge in [-0.2, -0.15) is 5.26 Å². The fraction of sp³-hybridized carbons (Fsp3) is 0.600. The van der Waals surface area contributed by atoms with E-state index in [4.69, 9.17) is 10.00 Å². The van der Waals surface area contributed by atoms with E-state index in [0.717, 1.165) is 23.2 Å². The minimum Gasteiger partial charge on any atom is -0.463 e. The quantitative estimate of drug-likeness (QED) is 0.537. The van der Waals surface area contributed by atoms with Crippen LogP contribution in [0.1, 0.15) is 13.3 Å². The highest BCUT2D eigenvalue weighted by Crippen LogP contribution is 2.26. The predicted octanol–water partition coefficient (Wildman–Crippen LogP) is 1.35. The Kier molecular flexibility index (Phi) is 4.66. The Morgan fingerprint density at radius 1 is 1.73 bits per heavy atom. The van der Waals surface area contributed by atoms with Gasteiger partial charge in [0.2, 0.25) is 0 Å². The molecule has 1 heterocycles. The van der Waals surface area contributed by atoms with Crippen LogP contribution in [0.25, 0.3) is 0 Å². The first kappa shape index (κ1) is 12.1. The van der Waals surface area contributed by atoms with Gasteiger partial charge in [-0.15, -0.1) is 0 Å². The molecule has 0 aromatic heterocycles. The summed E-state index contributed by atoms with van der Waals surface area (Å²) in [6, 6.07) is 0. The van der Waals surface area contributed by atoms with E-state index in [9.17, 15) is 4.79 Å². The second kappa shape index (κ2) is 5.79.